The van der Waals surface area contributed by atoms with Crippen molar-refractivity contribution < 1.29 is 9.53 Å². The molecular weight excluding hydrogens is 440 g/mol. The van der Waals surface area contributed by atoms with Crippen LogP contribution in [0.3, 0.4) is 0 Å². The lowest BCUT2D eigenvalue weighted by molar-refractivity contribution is 0.0765. The van der Waals surface area contributed by atoms with E-state index >= 15 is 0 Å². The molecule has 8 nitrogen and oxygen atoms in total. The van der Waals surface area contributed by atoms with E-state index in [2.05, 4.69) is 45.9 Å². The number of hydrogen-bond donors (Lipinski definition) is 2. The van der Waals surface area contributed by atoms with Gasteiger partial charge in [0.15, 0.2) is 0 Å². The number of aliphatic imine (C=N–C) groups is 1. The Kier molecular flexibility index (Phi) is 6.43. The lowest BCUT2D eigenvalue weighted by atomic mass is 9.91. The summed E-state index contributed by atoms with van der Waals surface area (Å²) in [4.78, 5) is 21.8. The van der Waals surface area contributed by atoms with Gasteiger partial charge in [-0.1, -0.05) is 12.1 Å². The van der Waals surface area contributed by atoms with Crippen LogP contribution in [0.2, 0.25) is 0 Å². The van der Waals surface area contributed by atoms with E-state index in [-0.39, 0.29) is 11.9 Å². The molecule has 0 aliphatic carbocycles. The summed E-state index contributed by atoms with van der Waals surface area (Å²) in [5.41, 5.74) is 3.13. The predicted octanol–water partition coefficient (Wildman–Crippen LogP) is 3.45. The first-order valence-electron chi connectivity index (χ1n) is 12.1. The van der Waals surface area contributed by atoms with Gasteiger partial charge in [-0.3, -0.25) is 4.79 Å². The molecule has 0 saturated carbocycles. The Bertz CT molecular complexity index is 1160. The number of amides is 1. The SMILES string of the molecule is CC1(c2ccc(C(=O)N3CCC[C@H]3C#N)cc2)C=CNC(Nc2ccc(N3CCOCC3)cc2)=N1. The lowest BCUT2D eigenvalue weighted by Gasteiger charge is -2.29. The molecule has 3 aliphatic rings. The van der Waals surface area contributed by atoms with E-state index < -0.39 is 5.54 Å². The molecule has 1 amide bonds. The van der Waals surface area contributed by atoms with Crippen LogP contribution >= 0.6 is 0 Å². The number of benzene rings is 2. The number of nitrogens with one attached hydrogen (secondary N) is 2. The molecule has 2 saturated heterocycles. The van der Waals surface area contributed by atoms with Crippen LogP contribution in [-0.4, -0.2) is 55.7 Å². The molecule has 0 aromatic heterocycles. The van der Waals surface area contributed by atoms with Gasteiger partial charge in [0.1, 0.15) is 11.6 Å². The second-order valence-electron chi connectivity index (χ2n) is 9.22. The van der Waals surface area contributed by atoms with Crippen LogP contribution in [-0.2, 0) is 10.3 Å². The standard InChI is InChI=1S/C27H30N6O2/c1-27(21-6-4-20(5-7-21)25(34)33-14-2-3-24(33)19-28)12-13-29-26(31-27)30-22-8-10-23(11-9-22)32-15-17-35-18-16-32/h4-13,24H,2-3,14-18H2,1H3,(H2,29,30,31)/t24-,27?/m0/s1. The van der Waals surface area contributed by atoms with E-state index in [9.17, 15) is 10.1 Å². The summed E-state index contributed by atoms with van der Waals surface area (Å²) in [7, 11) is 0. The highest BCUT2D eigenvalue weighted by molar-refractivity contribution is 5.96. The first-order valence-corrected chi connectivity index (χ1v) is 12.1. The van der Waals surface area contributed by atoms with Crippen molar-refractivity contribution in [3.05, 3.63) is 71.9 Å². The summed E-state index contributed by atoms with van der Waals surface area (Å²) in [6.45, 7) is 6.02. The first kappa shape index (κ1) is 22.9. The number of nitrogens with zero attached hydrogens (tertiary/aromatic N) is 4. The van der Waals surface area contributed by atoms with Crippen molar-refractivity contribution in [1.82, 2.24) is 10.2 Å². The third kappa shape index (κ3) is 4.86. The number of hydrogen-bond acceptors (Lipinski definition) is 7. The van der Waals surface area contributed by atoms with Gasteiger partial charge in [-0.05, 0) is 67.8 Å². The van der Waals surface area contributed by atoms with Gasteiger partial charge in [-0.25, -0.2) is 4.99 Å². The average molecular weight is 471 g/mol. The highest BCUT2D eigenvalue weighted by Crippen LogP contribution is 2.30. The number of rotatable bonds is 4. The molecule has 2 atom stereocenters. The number of guanidine groups is 1. The molecule has 2 N–H and O–H groups in total. The van der Waals surface area contributed by atoms with E-state index in [1.807, 2.05) is 43.5 Å². The number of carbonyl (C=O) groups excluding carboxylic acids is 1. The third-order valence-corrected chi connectivity index (χ3v) is 6.86. The fraction of sp³-hybridized carbons (Fsp3) is 0.370. The Labute approximate surface area is 205 Å². The van der Waals surface area contributed by atoms with Crippen molar-refractivity contribution in [2.24, 2.45) is 4.99 Å². The van der Waals surface area contributed by atoms with Gasteiger partial charge in [-0.2, -0.15) is 5.26 Å². The van der Waals surface area contributed by atoms with Gasteiger partial charge in [0.2, 0.25) is 5.96 Å². The summed E-state index contributed by atoms with van der Waals surface area (Å²) >= 11 is 0. The Morgan fingerprint density at radius 2 is 1.89 bits per heavy atom. The summed E-state index contributed by atoms with van der Waals surface area (Å²) in [5, 5.41) is 15.9. The largest absolute Gasteiger partial charge is 0.378 e. The van der Waals surface area contributed by atoms with E-state index in [1.54, 1.807) is 4.90 Å². The predicted molar refractivity (Wildman–Crippen MR) is 136 cm³/mol. The van der Waals surface area contributed by atoms with Gasteiger partial charge >= 0.3 is 0 Å². The quantitative estimate of drug-likeness (QED) is 0.711. The van der Waals surface area contributed by atoms with Gasteiger partial charge < -0.3 is 25.2 Å². The summed E-state index contributed by atoms with van der Waals surface area (Å²) in [6, 6.07) is 17.8. The zero-order valence-corrected chi connectivity index (χ0v) is 19.9. The van der Waals surface area contributed by atoms with Crippen molar-refractivity contribution in [1.29, 1.82) is 5.26 Å². The zero-order chi connectivity index (χ0) is 24.3. The first-order chi connectivity index (χ1) is 17.1. The number of likely N-dealkylation sites (tertiary alicyclic amines) is 1. The van der Waals surface area contributed by atoms with Gasteiger partial charge in [-0.15, -0.1) is 0 Å². The van der Waals surface area contributed by atoms with Crippen LogP contribution in [0.4, 0.5) is 11.4 Å². The van der Waals surface area contributed by atoms with E-state index in [1.165, 1.54) is 5.69 Å². The minimum atomic E-state index is -0.578. The highest BCUT2D eigenvalue weighted by Gasteiger charge is 2.30. The minimum absolute atomic E-state index is 0.0852. The van der Waals surface area contributed by atoms with E-state index in [0.717, 1.165) is 50.4 Å². The van der Waals surface area contributed by atoms with Crippen molar-refractivity contribution >= 4 is 23.2 Å². The molecule has 0 bridgehead atoms. The molecule has 0 radical (unpaired) electrons. The molecule has 0 spiro atoms. The summed E-state index contributed by atoms with van der Waals surface area (Å²) in [5.74, 6) is 0.571. The molecule has 2 fully saturated rings. The van der Waals surface area contributed by atoms with Crippen LogP contribution in [0, 0.1) is 11.3 Å². The fourth-order valence-electron chi connectivity index (χ4n) is 4.78. The van der Waals surface area contributed by atoms with Gasteiger partial charge in [0, 0.05) is 42.8 Å². The second kappa shape index (κ2) is 9.80. The molecule has 5 rings (SSSR count). The number of morpholine rings is 1. The summed E-state index contributed by atoms with van der Waals surface area (Å²) in [6.07, 6.45) is 5.51. The molecule has 8 heteroatoms. The fourth-order valence-corrected chi connectivity index (χ4v) is 4.78. The third-order valence-electron chi connectivity index (χ3n) is 6.86. The van der Waals surface area contributed by atoms with Gasteiger partial charge in [0.25, 0.3) is 5.91 Å². The molecule has 180 valence electrons. The lowest BCUT2D eigenvalue weighted by Crippen LogP contribution is -2.36. The Hall–Kier alpha value is -3.83. The van der Waals surface area contributed by atoms with Crippen LogP contribution in [0.1, 0.15) is 35.7 Å². The second-order valence-corrected chi connectivity index (χ2v) is 9.22. The van der Waals surface area contributed by atoms with Crippen LogP contribution < -0.4 is 15.5 Å². The monoisotopic (exact) mass is 470 g/mol. The van der Waals surface area contributed by atoms with Crippen LogP contribution in [0.15, 0.2) is 65.8 Å². The maximum absolute atomic E-state index is 12.9. The van der Waals surface area contributed by atoms with Gasteiger partial charge in [0.05, 0.1) is 19.3 Å². The Morgan fingerprint density at radius 1 is 1.14 bits per heavy atom. The number of nitriles is 1. The topological polar surface area (TPSA) is 93.0 Å². The molecule has 2 aromatic rings. The number of anilines is 2. The molecule has 35 heavy (non-hydrogen) atoms. The minimum Gasteiger partial charge on any atom is -0.378 e. The summed E-state index contributed by atoms with van der Waals surface area (Å²) < 4.78 is 5.44. The van der Waals surface area contributed by atoms with Crippen molar-refractivity contribution in [2.45, 2.75) is 31.3 Å². The molecule has 3 aliphatic heterocycles. The molecular formula is C27H30N6O2. The smallest absolute Gasteiger partial charge is 0.254 e. The maximum atomic E-state index is 12.9. The van der Waals surface area contributed by atoms with Crippen molar-refractivity contribution in [3.8, 4) is 6.07 Å². The van der Waals surface area contributed by atoms with E-state index in [0.29, 0.717) is 18.1 Å². The Morgan fingerprint density at radius 3 is 2.60 bits per heavy atom. The number of carbonyl (C=O) groups is 1. The van der Waals surface area contributed by atoms with Crippen LogP contribution in [0.25, 0.3) is 0 Å². The van der Waals surface area contributed by atoms with E-state index in [4.69, 9.17) is 9.73 Å². The Balaban J connectivity index is 1.28. The normalized spacial score (nSPS) is 23.9. The average Bonchev–Trinajstić information content (AvgIpc) is 3.38. The number of ether oxygens (including phenoxy) is 1. The molecule has 3 heterocycles. The van der Waals surface area contributed by atoms with Crippen molar-refractivity contribution in [2.75, 3.05) is 43.1 Å². The molecule has 1 unspecified atom stereocenters. The van der Waals surface area contributed by atoms with Crippen LogP contribution in [0.5, 0.6) is 0 Å². The molecule has 2 aromatic carbocycles. The highest BCUT2D eigenvalue weighted by atomic mass is 16.5. The van der Waals surface area contributed by atoms with Crippen molar-refractivity contribution in [3.63, 3.8) is 0 Å². The maximum Gasteiger partial charge on any atom is 0.254 e. The zero-order valence-electron chi connectivity index (χ0n) is 19.9.